The van der Waals surface area contributed by atoms with Crippen molar-refractivity contribution in [1.29, 1.82) is 0 Å². The maximum absolute atomic E-state index is 12.5. The summed E-state index contributed by atoms with van der Waals surface area (Å²) in [7, 11) is -4.99. The van der Waals surface area contributed by atoms with Crippen LogP contribution >= 0.6 is 35.3 Å². The van der Waals surface area contributed by atoms with E-state index in [4.69, 9.17) is 0 Å². The van der Waals surface area contributed by atoms with Crippen molar-refractivity contribution < 1.29 is 22.8 Å². The van der Waals surface area contributed by atoms with Gasteiger partial charge in [-0.15, -0.1) is 0 Å². The predicted molar refractivity (Wildman–Crippen MR) is 114 cm³/mol. The van der Waals surface area contributed by atoms with Gasteiger partial charge in [0.15, 0.2) is 0 Å². The minimum atomic E-state index is -4.99. The summed E-state index contributed by atoms with van der Waals surface area (Å²) < 4.78 is 41.3. The Labute approximate surface area is 174 Å². The molecule has 0 spiro atoms. The molecule has 3 aromatic rings. The third-order valence-corrected chi connectivity index (χ3v) is 6.85. The van der Waals surface area contributed by atoms with E-state index >= 15 is 0 Å². The minimum absolute atomic E-state index is 0.0792. The van der Waals surface area contributed by atoms with Gasteiger partial charge in [-0.2, -0.15) is 20.5 Å². The first-order chi connectivity index (χ1) is 13.3. The Morgan fingerprint density at radius 3 is 2.50 bits per heavy atom. The molecular formula is C20H18BrF2O3PS. The van der Waals surface area contributed by atoms with Gasteiger partial charge in [-0.3, -0.25) is 0 Å². The molecule has 0 saturated heterocycles. The van der Waals surface area contributed by atoms with E-state index in [0.717, 1.165) is 11.3 Å². The minimum Gasteiger partial charge on any atom is -0.420 e. The Morgan fingerprint density at radius 2 is 1.82 bits per heavy atom. The summed E-state index contributed by atoms with van der Waals surface area (Å²) in [4.78, 5) is 9.17. The lowest BCUT2D eigenvalue weighted by atomic mass is 10.0. The van der Waals surface area contributed by atoms with E-state index in [2.05, 4.69) is 51.6 Å². The molecule has 0 saturated carbocycles. The normalized spacial score (nSPS) is 13.6. The largest absolute Gasteiger partial charge is 0.442 e. The molecule has 3 rings (SSSR count). The smallest absolute Gasteiger partial charge is 0.420 e. The maximum Gasteiger partial charge on any atom is 0.442 e. The van der Waals surface area contributed by atoms with E-state index < -0.39 is 13.8 Å². The van der Waals surface area contributed by atoms with Crippen LogP contribution in [0.15, 0.2) is 59.1 Å². The molecule has 0 aliphatic heterocycles. The van der Waals surface area contributed by atoms with Crippen molar-refractivity contribution in [1.82, 2.24) is 0 Å². The van der Waals surface area contributed by atoms with Gasteiger partial charge in [0, 0.05) is 11.5 Å². The highest BCUT2D eigenvalue weighted by Crippen LogP contribution is 2.50. The fraction of sp³-hybridized carbons (Fsp3) is 0.200. The van der Waals surface area contributed by atoms with Crippen molar-refractivity contribution in [3.8, 4) is 5.75 Å². The van der Waals surface area contributed by atoms with Crippen molar-refractivity contribution in [3.63, 3.8) is 0 Å². The van der Waals surface area contributed by atoms with Crippen molar-refractivity contribution in [2.75, 3.05) is 0 Å². The summed E-state index contributed by atoms with van der Waals surface area (Å²) in [6.07, 6.45) is -3.45. The SMILES string of the molecule is Cc1ccc(CSCc2ccc(OP(=O)(O)C(F)F)c(Br)c2)c2ccccc12. The van der Waals surface area contributed by atoms with Gasteiger partial charge in [-0.1, -0.05) is 42.5 Å². The number of alkyl halides is 2. The molecule has 0 fully saturated rings. The molecule has 3 nitrogen and oxygen atoms in total. The van der Waals surface area contributed by atoms with Gasteiger partial charge in [0.1, 0.15) is 5.75 Å². The van der Waals surface area contributed by atoms with Crippen molar-refractivity contribution in [3.05, 3.63) is 75.8 Å². The molecule has 1 N–H and O–H groups in total. The van der Waals surface area contributed by atoms with Crippen LogP contribution in [0, 0.1) is 6.92 Å². The summed E-state index contributed by atoms with van der Waals surface area (Å²) >= 11 is 4.94. The summed E-state index contributed by atoms with van der Waals surface area (Å²) in [5, 5.41) is 2.49. The number of hydrogen-bond acceptors (Lipinski definition) is 3. The average Bonchev–Trinajstić information content (AvgIpc) is 2.66. The third kappa shape index (κ3) is 4.95. The molecule has 0 aliphatic carbocycles. The topological polar surface area (TPSA) is 46.5 Å². The Kier molecular flexibility index (Phi) is 6.81. The Morgan fingerprint density at radius 1 is 1.11 bits per heavy atom. The maximum atomic E-state index is 12.5. The number of aryl methyl sites for hydroxylation is 1. The summed E-state index contributed by atoms with van der Waals surface area (Å²) in [6.45, 7) is 2.10. The number of fused-ring (bicyclic) bond motifs is 1. The molecule has 3 aromatic carbocycles. The lowest BCUT2D eigenvalue weighted by Crippen LogP contribution is -2.01. The van der Waals surface area contributed by atoms with Gasteiger partial charge in [0.05, 0.1) is 4.47 Å². The molecule has 0 radical (unpaired) electrons. The lowest BCUT2D eigenvalue weighted by molar-refractivity contribution is 0.188. The van der Waals surface area contributed by atoms with Crippen molar-refractivity contribution in [2.45, 2.75) is 24.6 Å². The van der Waals surface area contributed by atoms with Crippen LogP contribution in [0.3, 0.4) is 0 Å². The molecule has 0 aromatic heterocycles. The zero-order chi connectivity index (χ0) is 20.3. The molecular weight excluding hydrogens is 469 g/mol. The van der Waals surface area contributed by atoms with Gasteiger partial charge >= 0.3 is 13.8 Å². The quantitative estimate of drug-likeness (QED) is 0.360. The summed E-state index contributed by atoms with van der Waals surface area (Å²) in [6, 6.07) is 17.4. The number of benzene rings is 3. The van der Waals surface area contributed by atoms with Gasteiger partial charge in [-0.05, 0) is 62.4 Å². The van der Waals surface area contributed by atoms with E-state index in [1.165, 1.54) is 28.0 Å². The first-order valence-corrected chi connectivity index (χ1v) is 12.0. The highest BCUT2D eigenvalue weighted by Gasteiger charge is 2.34. The first-order valence-electron chi connectivity index (χ1n) is 8.41. The van der Waals surface area contributed by atoms with Crippen LogP contribution in [0.1, 0.15) is 16.7 Å². The zero-order valence-corrected chi connectivity index (χ0v) is 18.2. The van der Waals surface area contributed by atoms with E-state index in [1.54, 1.807) is 23.9 Å². The Hall–Kier alpha value is -1.40. The third-order valence-electron chi connectivity index (χ3n) is 4.23. The molecule has 1 unspecified atom stereocenters. The lowest BCUT2D eigenvalue weighted by Gasteiger charge is -2.14. The van der Waals surface area contributed by atoms with Crippen LogP contribution in [-0.2, 0) is 16.1 Å². The molecule has 28 heavy (non-hydrogen) atoms. The first kappa shape index (κ1) is 21.3. The monoisotopic (exact) mass is 486 g/mol. The van der Waals surface area contributed by atoms with E-state index in [-0.39, 0.29) is 5.75 Å². The van der Waals surface area contributed by atoms with Gasteiger partial charge in [0.25, 0.3) is 0 Å². The van der Waals surface area contributed by atoms with Crippen LogP contribution in [0.2, 0.25) is 0 Å². The molecule has 0 aliphatic rings. The second kappa shape index (κ2) is 8.95. The Bertz CT molecular complexity index is 1050. The molecule has 1 atom stereocenters. The second-order valence-corrected chi connectivity index (χ2v) is 9.82. The van der Waals surface area contributed by atoms with Crippen LogP contribution < -0.4 is 4.52 Å². The molecule has 8 heteroatoms. The van der Waals surface area contributed by atoms with Crippen LogP contribution in [0.4, 0.5) is 8.78 Å². The summed E-state index contributed by atoms with van der Waals surface area (Å²) in [5.74, 6) is 1.45. The summed E-state index contributed by atoms with van der Waals surface area (Å²) in [5.41, 5.74) is 3.45. The highest BCUT2D eigenvalue weighted by atomic mass is 79.9. The fourth-order valence-corrected chi connectivity index (χ4v) is 4.95. The van der Waals surface area contributed by atoms with Crippen molar-refractivity contribution in [2.24, 2.45) is 0 Å². The number of halogens is 3. The standard InChI is InChI=1S/C20H18BrF2O3PS/c1-13-6-8-15(17-5-3-2-4-16(13)17)12-28-11-14-7-9-19(18(21)10-14)26-27(24,25)20(22)23/h2-10,20H,11-12H2,1H3,(H,24,25). The zero-order valence-electron chi connectivity index (χ0n) is 14.9. The van der Waals surface area contributed by atoms with Crippen LogP contribution in [0.5, 0.6) is 5.75 Å². The van der Waals surface area contributed by atoms with E-state index in [9.17, 15) is 18.2 Å². The Balaban J connectivity index is 1.67. The highest BCUT2D eigenvalue weighted by molar-refractivity contribution is 9.10. The number of hydrogen-bond donors (Lipinski definition) is 1. The van der Waals surface area contributed by atoms with Gasteiger partial charge in [-0.25, -0.2) is 4.57 Å². The van der Waals surface area contributed by atoms with Crippen LogP contribution in [0.25, 0.3) is 10.8 Å². The molecule has 0 amide bonds. The van der Waals surface area contributed by atoms with E-state index in [0.29, 0.717) is 10.2 Å². The number of rotatable bonds is 7. The van der Waals surface area contributed by atoms with Crippen molar-refractivity contribution >= 4 is 46.1 Å². The molecule has 148 valence electrons. The van der Waals surface area contributed by atoms with Crippen LogP contribution in [-0.4, -0.2) is 11.1 Å². The second-order valence-electron chi connectivity index (χ2n) is 6.28. The predicted octanol–water partition coefficient (Wildman–Crippen LogP) is 7.13. The fourth-order valence-electron chi connectivity index (χ4n) is 2.81. The molecule has 0 heterocycles. The van der Waals surface area contributed by atoms with E-state index in [1.807, 2.05) is 12.1 Å². The molecule has 0 bridgehead atoms. The van der Waals surface area contributed by atoms with Gasteiger partial charge < -0.3 is 9.42 Å². The number of thioether (sulfide) groups is 1. The van der Waals surface area contributed by atoms with Gasteiger partial charge in [0.2, 0.25) is 0 Å². The average molecular weight is 487 g/mol.